The van der Waals surface area contributed by atoms with Crippen LogP contribution in [0.5, 0.6) is 0 Å². The molecular formula is C16H21NO3. The molecule has 1 aliphatic carbocycles. The van der Waals surface area contributed by atoms with Crippen molar-refractivity contribution in [1.82, 2.24) is 5.32 Å². The molecule has 2 unspecified atom stereocenters. The summed E-state index contributed by atoms with van der Waals surface area (Å²) in [5.74, 6) is -2.07. The second-order valence-corrected chi connectivity index (χ2v) is 6.26. The van der Waals surface area contributed by atoms with E-state index in [0.717, 1.165) is 5.56 Å². The number of rotatable bonds is 4. The van der Waals surface area contributed by atoms with E-state index < -0.39 is 23.2 Å². The van der Waals surface area contributed by atoms with E-state index in [2.05, 4.69) is 5.32 Å². The van der Waals surface area contributed by atoms with Gasteiger partial charge < -0.3 is 10.4 Å². The normalized spacial score (nSPS) is 24.8. The number of carbonyl (C=O) groups excluding carboxylic acids is 1. The summed E-state index contributed by atoms with van der Waals surface area (Å²) < 4.78 is 0. The fraction of sp³-hybridized carbons (Fsp3) is 0.500. The molecule has 0 spiro atoms. The van der Waals surface area contributed by atoms with E-state index in [4.69, 9.17) is 5.11 Å². The number of aliphatic carboxylic acids is 1. The molecule has 0 bridgehead atoms. The zero-order valence-electron chi connectivity index (χ0n) is 12.3. The first-order valence-corrected chi connectivity index (χ1v) is 6.85. The number of benzene rings is 1. The van der Waals surface area contributed by atoms with Crippen molar-refractivity contribution in [3.05, 3.63) is 35.4 Å². The first kappa shape index (κ1) is 14.6. The van der Waals surface area contributed by atoms with Crippen LogP contribution in [0.25, 0.3) is 0 Å². The average Bonchev–Trinajstić information content (AvgIpc) is 2.93. The summed E-state index contributed by atoms with van der Waals surface area (Å²) in [4.78, 5) is 23.3. The van der Waals surface area contributed by atoms with Crippen molar-refractivity contribution in [3.63, 3.8) is 0 Å². The second-order valence-electron chi connectivity index (χ2n) is 6.26. The molecule has 0 aliphatic heterocycles. The summed E-state index contributed by atoms with van der Waals surface area (Å²) >= 11 is 0. The van der Waals surface area contributed by atoms with E-state index >= 15 is 0 Å². The predicted molar refractivity (Wildman–Crippen MR) is 76.1 cm³/mol. The predicted octanol–water partition coefficient (Wildman–Crippen LogP) is 2.53. The molecule has 0 radical (unpaired) electrons. The zero-order valence-corrected chi connectivity index (χ0v) is 12.3. The van der Waals surface area contributed by atoms with E-state index in [1.54, 1.807) is 0 Å². The van der Waals surface area contributed by atoms with Crippen molar-refractivity contribution in [3.8, 4) is 0 Å². The minimum atomic E-state index is -0.891. The number of carboxylic acids is 1. The third-order valence-corrected chi connectivity index (χ3v) is 4.31. The van der Waals surface area contributed by atoms with Gasteiger partial charge in [-0.15, -0.1) is 0 Å². The van der Waals surface area contributed by atoms with Crippen LogP contribution in [0.4, 0.5) is 0 Å². The van der Waals surface area contributed by atoms with Crippen LogP contribution < -0.4 is 5.32 Å². The van der Waals surface area contributed by atoms with Crippen LogP contribution in [-0.2, 0) is 9.59 Å². The Labute approximate surface area is 119 Å². The minimum absolute atomic E-state index is 0.117. The summed E-state index contributed by atoms with van der Waals surface area (Å²) in [6, 6.07) is 7.84. The third kappa shape index (κ3) is 2.55. The van der Waals surface area contributed by atoms with Gasteiger partial charge in [0.2, 0.25) is 5.91 Å². The number of amides is 1. The third-order valence-electron chi connectivity index (χ3n) is 4.31. The van der Waals surface area contributed by atoms with Gasteiger partial charge in [0.15, 0.2) is 0 Å². The number of hydrogen-bond donors (Lipinski definition) is 2. The largest absolute Gasteiger partial charge is 0.481 e. The monoisotopic (exact) mass is 275 g/mol. The van der Waals surface area contributed by atoms with Crippen LogP contribution in [-0.4, -0.2) is 17.0 Å². The van der Waals surface area contributed by atoms with Crippen molar-refractivity contribution in [2.75, 3.05) is 0 Å². The summed E-state index contributed by atoms with van der Waals surface area (Å²) in [5, 5.41) is 12.0. The Kier molecular flexibility index (Phi) is 3.59. The molecule has 1 fully saturated rings. The first-order chi connectivity index (χ1) is 9.25. The number of carboxylic acid groups (broad SMARTS) is 1. The van der Waals surface area contributed by atoms with Crippen LogP contribution in [0.2, 0.25) is 0 Å². The van der Waals surface area contributed by atoms with Gasteiger partial charge in [0.05, 0.1) is 17.9 Å². The van der Waals surface area contributed by atoms with Gasteiger partial charge in [-0.2, -0.15) is 0 Å². The lowest BCUT2D eigenvalue weighted by atomic mass is 10.1. The van der Waals surface area contributed by atoms with Gasteiger partial charge in [-0.3, -0.25) is 9.59 Å². The number of hydrogen-bond acceptors (Lipinski definition) is 2. The van der Waals surface area contributed by atoms with E-state index in [9.17, 15) is 9.59 Å². The molecule has 4 heteroatoms. The highest BCUT2D eigenvalue weighted by Gasteiger charge is 2.65. The Morgan fingerprint density at radius 2 is 1.75 bits per heavy atom. The zero-order chi connectivity index (χ0) is 15.1. The Balaban J connectivity index is 2.02. The summed E-state index contributed by atoms with van der Waals surface area (Å²) in [5.41, 5.74) is 1.74. The molecule has 1 aliphatic rings. The highest BCUT2D eigenvalue weighted by molar-refractivity contribution is 5.91. The minimum Gasteiger partial charge on any atom is -0.481 e. The lowest BCUT2D eigenvalue weighted by molar-refractivity contribution is -0.140. The molecular weight excluding hydrogens is 254 g/mol. The van der Waals surface area contributed by atoms with Crippen molar-refractivity contribution in [2.24, 2.45) is 17.3 Å². The molecule has 3 atom stereocenters. The van der Waals surface area contributed by atoms with Crippen LogP contribution in [0.15, 0.2) is 24.3 Å². The molecule has 2 N–H and O–H groups in total. The first-order valence-electron chi connectivity index (χ1n) is 6.85. The highest BCUT2D eigenvalue weighted by Crippen LogP contribution is 2.58. The lowest BCUT2D eigenvalue weighted by Gasteiger charge is -2.15. The van der Waals surface area contributed by atoms with Crippen molar-refractivity contribution >= 4 is 11.9 Å². The second kappa shape index (κ2) is 4.93. The summed E-state index contributed by atoms with van der Waals surface area (Å²) in [7, 11) is 0. The molecule has 1 aromatic rings. The molecule has 0 aromatic heterocycles. The topological polar surface area (TPSA) is 66.4 Å². The molecule has 2 rings (SSSR count). The fourth-order valence-electron chi connectivity index (χ4n) is 2.83. The number of aryl methyl sites for hydroxylation is 1. The Bertz CT molecular complexity index is 533. The van der Waals surface area contributed by atoms with Crippen LogP contribution in [0, 0.1) is 24.2 Å². The van der Waals surface area contributed by atoms with Crippen LogP contribution in [0.1, 0.15) is 37.9 Å². The maximum Gasteiger partial charge on any atom is 0.307 e. The molecule has 20 heavy (non-hydrogen) atoms. The number of nitrogens with one attached hydrogen (secondary N) is 1. The molecule has 1 saturated carbocycles. The summed E-state index contributed by atoms with van der Waals surface area (Å²) in [6.07, 6.45) is 0. The van der Waals surface area contributed by atoms with E-state index in [1.807, 2.05) is 52.0 Å². The maximum absolute atomic E-state index is 12.2. The Hall–Kier alpha value is -1.84. The molecule has 1 aromatic carbocycles. The van der Waals surface area contributed by atoms with Gasteiger partial charge >= 0.3 is 5.97 Å². The lowest BCUT2D eigenvalue weighted by Crippen LogP contribution is -2.30. The Morgan fingerprint density at radius 3 is 2.20 bits per heavy atom. The van der Waals surface area contributed by atoms with Crippen molar-refractivity contribution in [2.45, 2.75) is 33.7 Å². The van der Waals surface area contributed by atoms with Crippen molar-refractivity contribution in [1.29, 1.82) is 0 Å². The van der Waals surface area contributed by atoms with E-state index in [0.29, 0.717) is 0 Å². The van der Waals surface area contributed by atoms with Gasteiger partial charge in [-0.1, -0.05) is 43.7 Å². The quantitative estimate of drug-likeness (QED) is 0.887. The van der Waals surface area contributed by atoms with Gasteiger partial charge in [0, 0.05) is 0 Å². The Morgan fingerprint density at radius 1 is 1.20 bits per heavy atom. The molecule has 108 valence electrons. The summed E-state index contributed by atoms with van der Waals surface area (Å²) in [6.45, 7) is 7.57. The smallest absolute Gasteiger partial charge is 0.307 e. The maximum atomic E-state index is 12.2. The molecule has 4 nitrogen and oxygen atoms in total. The van der Waals surface area contributed by atoms with Gasteiger partial charge in [0.25, 0.3) is 0 Å². The SMILES string of the molecule is Cc1ccc([C@@H](C)NC(=O)C2C(C(=O)O)C2(C)C)cc1. The van der Waals surface area contributed by atoms with Crippen LogP contribution in [0.3, 0.4) is 0 Å². The molecule has 1 amide bonds. The highest BCUT2D eigenvalue weighted by atomic mass is 16.4. The fourth-order valence-corrected chi connectivity index (χ4v) is 2.83. The molecule has 0 heterocycles. The molecule has 0 saturated heterocycles. The van der Waals surface area contributed by atoms with Gasteiger partial charge in [-0.05, 0) is 24.8 Å². The van der Waals surface area contributed by atoms with Crippen molar-refractivity contribution < 1.29 is 14.7 Å². The van der Waals surface area contributed by atoms with Gasteiger partial charge in [-0.25, -0.2) is 0 Å². The van der Waals surface area contributed by atoms with E-state index in [1.165, 1.54) is 5.56 Å². The van der Waals surface area contributed by atoms with Crippen LogP contribution >= 0.6 is 0 Å². The average molecular weight is 275 g/mol. The van der Waals surface area contributed by atoms with E-state index in [-0.39, 0.29) is 11.9 Å². The van der Waals surface area contributed by atoms with Gasteiger partial charge in [0.1, 0.15) is 0 Å². The standard InChI is InChI=1S/C16H21NO3/c1-9-5-7-11(8-6-9)10(2)17-14(18)12-13(15(19)20)16(12,3)4/h5-8,10,12-13H,1-4H3,(H,17,18)(H,19,20)/t10-,12?,13?/m1/s1. The number of carbonyl (C=O) groups is 2.